The van der Waals surface area contributed by atoms with Gasteiger partial charge >= 0.3 is 0 Å². The predicted octanol–water partition coefficient (Wildman–Crippen LogP) is 3.81. The van der Waals surface area contributed by atoms with Crippen LogP contribution in [-0.2, 0) is 4.79 Å². The van der Waals surface area contributed by atoms with E-state index in [-0.39, 0.29) is 11.7 Å². The molecular weight excluding hydrogens is 236 g/mol. The van der Waals surface area contributed by atoms with E-state index in [9.17, 15) is 4.79 Å². The van der Waals surface area contributed by atoms with Gasteiger partial charge in [0.05, 0.1) is 7.11 Å². The molecule has 2 nitrogen and oxygen atoms in total. The van der Waals surface area contributed by atoms with E-state index < -0.39 is 0 Å². The minimum absolute atomic E-state index is 0.115. The van der Waals surface area contributed by atoms with Gasteiger partial charge in [-0.1, -0.05) is 42.5 Å². The number of benzene rings is 2. The normalized spacial score (nSPS) is 11.9. The molecule has 0 N–H and O–H groups in total. The van der Waals surface area contributed by atoms with Crippen molar-refractivity contribution in [3.05, 3.63) is 65.7 Å². The highest BCUT2D eigenvalue weighted by atomic mass is 16.5. The highest BCUT2D eigenvalue weighted by Crippen LogP contribution is 2.29. The number of rotatable bonds is 5. The summed E-state index contributed by atoms with van der Waals surface area (Å²) in [6.45, 7) is 1.64. The Morgan fingerprint density at radius 2 is 1.58 bits per heavy atom. The molecule has 2 aromatic rings. The molecule has 0 bridgehead atoms. The maximum Gasteiger partial charge on any atom is 0.130 e. The van der Waals surface area contributed by atoms with Crippen LogP contribution in [0, 0.1) is 0 Å². The third-order valence-electron chi connectivity index (χ3n) is 3.21. The second-order valence-corrected chi connectivity index (χ2v) is 4.64. The zero-order valence-electron chi connectivity index (χ0n) is 11.3. The molecule has 0 aliphatic heterocycles. The molecule has 0 spiro atoms. The summed E-state index contributed by atoms with van der Waals surface area (Å²) >= 11 is 0. The fourth-order valence-electron chi connectivity index (χ4n) is 2.24. The molecule has 2 rings (SSSR count). The van der Waals surface area contributed by atoms with Crippen molar-refractivity contribution in [2.75, 3.05) is 7.11 Å². The SMILES string of the molecule is COc1ccc([C@H](CC(C)=O)c2ccccc2)cc1. The molecule has 0 saturated heterocycles. The van der Waals surface area contributed by atoms with E-state index in [4.69, 9.17) is 4.74 Å². The van der Waals surface area contributed by atoms with Crippen molar-refractivity contribution in [3.8, 4) is 5.75 Å². The second-order valence-electron chi connectivity index (χ2n) is 4.64. The van der Waals surface area contributed by atoms with Gasteiger partial charge in [0.25, 0.3) is 0 Å². The first-order valence-corrected chi connectivity index (χ1v) is 6.39. The van der Waals surface area contributed by atoms with Crippen molar-refractivity contribution in [2.24, 2.45) is 0 Å². The Morgan fingerprint density at radius 3 is 2.11 bits per heavy atom. The highest BCUT2D eigenvalue weighted by molar-refractivity contribution is 5.77. The Kier molecular flexibility index (Phi) is 4.35. The zero-order valence-corrected chi connectivity index (χ0v) is 11.3. The van der Waals surface area contributed by atoms with Gasteiger partial charge in [-0.05, 0) is 30.2 Å². The molecule has 0 fully saturated rings. The molecule has 0 saturated carbocycles. The highest BCUT2D eigenvalue weighted by Gasteiger charge is 2.16. The summed E-state index contributed by atoms with van der Waals surface area (Å²) in [4.78, 5) is 11.5. The third-order valence-corrected chi connectivity index (χ3v) is 3.21. The number of Topliss-reactive ketones (excluding diaryl/α,β-unsaturated/α-hetero) is 1. The summed E-state index contributed by atoms with van der Waals surface area (Å²) in [6, 6.07) is 18.1. The molecule has 0 aliphatic rings. The quantitative estimate of drug-likeness (QED) is 0.811. The van der Waals surface area contributed by atoms with Gasteiger partial charge in [-0.15, -0.1) is 0 Å². The molecule has 2 aromatic carbocycles. The maximum atomic E-state index is 11.5. The molecule has 1 atom stereocenters. The van der Waals surface area contributed by atoms with Crippen LogP contribution in [-0.4, -0.2) is 12.9 Å². The summed E-state index contributed by atoms with van der Waals surface area (Å²) < 4.78 is 5.17. The summed E-state index contributed by atoms with van der Waals surface area (Å²) in [5.41, 5.74) is 2.31. The lowest BCUT2D eigenvalue weighted by atomic mass is 9.87. The summed E-state index contributed by atoms with van der Waals surface area (Å²) in [5, 5.41) is 0. The predicted molar refractivity (Wildman–Crippen MR) is 76.6 cm³/mol. The zero-order chi connectivity index (χ0) is 13.7. The van der Waals surface area contributed by atoms with E-state index in [2.05, 4.69) is 12.1 Å². The lowest BCUT2D eigenvalue weighted by Gasteiger charge is -2.17. The number of carbonyl (C=O) groups is 1. The molecule has 0 unspecified atom stereocenters. The van der Waals surface area contributed by atoms with Gasteiger partial charge in [0.15, 0.2) is 0 Å². The first-order chi connectivity index (χ1) is 9.20. The Labute approximate surface area is 114 Å². The van der Waals surface area contributed by atoms with Crippen LogP contribution in [0.25, 0.3) is 0 Å². The van der Waals surface area contributed by atoms with Gasteiger partial charge in [0, 0.05) is 12.3 Å². The largest absolute Gasteiger partial charge is 0.497 e. The van der Waals surface area contributed by atoms with Crippen LogP contribution in [0.4, 0.5) is 0 Å². The molecule has 0 heterocycles. The minimum atomic E-state index is 0.115. The maximum absolute atomic E-state index is 11.5. The number of methoxy groups -OCH3 is 1. The topological polar surface area (TPSA) is 26.3 Å². The van der Waals surface area contributed by atoms with Crippen molar-refractivity contribution >= 4 is 5.78 Å². The average Bonchev–Trinajstić information content (AvgIpc) is 2.46. The molecule has 0 aromatic heterocycles. The number of ketones is 1. The average molecular weight is 254 g/mol. The van der Waals surface area contributed by atoms with Crippen molar-refractivity contribution < 1.29 is 9.53 Å². The van der Waals surface area contributed by atoms with Crippen LogP contribution < -0.4 is 4.74 Å². The van der Waals surface area contributed by atoms with Gasteiger partial charge in [-0.3, -0.25) is 4.79 Å². The van der Waals surface area contributed by atoms with E-state index in [0.717, 1.165) is 11.3 Å². The Bertz CT molecular complexity index is 529. The smallest absolute Gasteiger partial charge is 0.130 e. The van der Waals surface area contributed by atoms with Crippen LogP contribution in [0.2, 0.25) is 0 Å². The van der Waals surface area contributed by atoms with Crippen molar-refractivity contribution in [3.63, 3.8) is 0 Å². The Balaban J connectivity index is 2.34. The van der Waals surface area contributed by atoms with E-state index in [1.54, 1.807) is 14.0 Å². The van der Waals surface area contributed by atoms with Crippen LogP contribution >= 0.6 is 0 Å². The van der Waals surface area contributed by atoms with Crippen molar-refractivity contribution in [1.82, 2.24) is 0 Å². The van der Waals surface area contributed by atoms with Gasteiger partial charge in [0.2, 0.25) is 0 Å². The van der Waals surface area contributed by atoms with E-state index in [0.29, 0.717) is 6.42 Å². The fourth-order valence-corrected chi connectivity index (χ4v) is 2.24. The summed E-state index contributed by atoms with van der Waals surface area (Å²) in [5.74, 6) is 1.15. The van der Waals surface area contributed by atoms with Gasteiger partial charge in [-0.2, -0.15) is 0 Å². The van der Waals surface area contributed by atoms with Crippen molar-refractivity contribution in [2.45, 2.75) is 19.3 Å². The van der Waals surface area contributed by atoms with Crippen molar-refractivity contribution in [1.29, 1.82) is 0 Å². The first-order valence-electron chi connectivity index (χ1n) is 6.39. The molecule has 98 valence electrons. The summed E-state index contributed by atoms with van der Waals surface area (Å²) in [6.07, 6.45) is 0.524. The van der Waals surface area contributed by atoms with E-state index in [1.165, 1.54) is 5.56 Å². The van der Waals surface area contributed by atoms with Gasteiger partial charge in [0.1, 0.15) is 11.5 Å². The Hall–Kier alpha value is -2.09. The monoisotopic (exact) mass is 254 g/mol. The van der Waals surface area contributed by atoms with Crippen LogP contribution in [0.5, 0.6) is 5.75 Å². The standard InChI is InChI=1S/C17H18O2/c1-13(18)12-17(14-6-4-3-5-7-14)15-8-10-16(19-2)11-9-15/h3-11,17H,12H2,1-2H3/t17-/m1/s1. The molecule has 0 amide bonds. The van der Waals surface area contributed by atoms with Crippen LogP contribution in [0.1, 0.15) is 30.4 Å². The minimum Gasteiger partial charge on any atom is -0.497 e. The van der Waals surface area contributed by atoms with Crippen LogP contribution in [0.15, 0.2) is 54.6 Å². The number of hydrogen-bond donors (Lipinski definition) is 0. The van der Waals surface area contributed by atoms with Crippen LogP contribution in [0.3, 0.4) is 0 Å². The molecule has 0 aliphatic carbocycles. The van der Waals surface area contributed by atoms with Gasteiger partial charge in [-0.25, -0.2) is 0 Å². The molecular formula is C17H18O2. The lowest BCUT2D eigenvalue weighted by Crippen LogP contribution is -2.06. The Morgan fingerprint density at radius 1 is 1.00 bits per heavy atom. The first kappa shape index (κ1) is 13.3. The fraction of sp³-hybridized carbons (Fsp3) is 0.235. The number of ether oxygens (including phenoxy) is 1. The lowest BCUT2D eigenvalue weighted by molar-refractivity contribution is -0.117. The third kappa shape index (κ3) is 3.44. The number of hydrogen-bond acceptors (Lipinski definition) is 2. The molecule has 19 heavy (non-hydrogen) atoms. The second kappa shape index (κ2) is 6.19. The molecule has 0 radical (unpaired) electrons. The molecule has 2 heteroatoms. The van der Waals surface area contributed by atoms with E-state index >= 15 is 0 Å². The van der Waals surface area contributed by atoms with E-state index in [1.807, 2.05) is 42.5 Å². The number of carbonyl (C=O) groups excluding carboxylic acids is 1. The van der Waals surface area contributed by atoms with Gasteiger partial charge < -0.3 is 4.74 Å². The summed E-state index contributed by atoms with van der Waals surface area (Å²) in [7, 11) is 1.65.